The van der Waals surface area contributed by atoms with Gasteiger partial charge in [0.2, 0.25) is 0 Å². The van der Waals surface area contributed by atoms with Crippen LogP contribution in [0.2, 0.25) is 0 Å². The van der Waals surface area contributed by atoms with Gasteiger partial charge in [0.25, 0.3) is 0 Å². The molecule has 1 fully saturated rings. The van der Waals surface area contributed by atoms with Crippen molar-refractivity contribution in [3.05, 3.63) is 0 Å². The monoisotopic (exact) mass is 164 g/mol. The molecule has 2 nitrogen and oxygen atoms in total. The van der Waals surface area contributed by atoms with Gasteiger partial charge in [-0.25, -0.2) is 0 Å². The number of hydrogen-bond donors (Lipinski definition) is 0. The lowest BCUT2D eigenvalue weighted by Crippen LogP contribution is -2.13. The van der Waals surface area contributed by atoms with Crippen LogP contribution in [0.3, 0.4) is 0 Å². The van der Waals surface area contributed by atoms with E-state index in [4.69, 9.17) is 0 Å². The average Bonchev–Trinajstić information content (AvgIpc) is 2.48. The van der Waals surface area contributed by atoms with E-state index in [0.29, 0.717) is 0 Å². The normalized spacial score (nSPS) is 26.3. The highest BCUT2D eigenvalue weighted by Gasteiger charge is 2.21. The third-order valence-electron chi connectivity index (χ3n) is 2.87. The highest BCUT2D eigenvalue weighted by molar-refractivity contribution is 6.17. The molecule has 2 heteroatoms. The standard InChI is InChI=1S/C10H16N2/c1-2-4-6-9(5-3-1)10-11-7-8-12-10/h7-10H,1-6H2. The molecule has 0 unspecified atom stereocenters. The summed E-state index contributed by atoms with van der Waals surface area (Å²) in [4.78, 5) is 8.71. The molecule has 0 aromatic carbocycles. The lowest BCUT2D eigenvalue weighted by atomic mass is 9.98. The molecule has 1 aliphatic heterocycles. The van der Waals surface area contributed by atoms with E-state index >= 15 is 0 Å². The molecular weight excluding hydrogens is 148 g/mol. The van der Waals surface area contributed by atoms with Gasteiger partial charge in [-0.1, -0.05) is 25.7 Å². The molecule has 0 N–H and O–H groups in total. The summed E-state index contributed by atoms with van der Waals surface area (Å²) in [6.45, 7) is 0. The van der Waals surface area contributed by atoms with Crippen LogP contribution in [0.15, 0.2) is 9.98 Å². The summed E-state index contributed by atoms with van der Waals surface area (Å²) in [5.41, 5.74) is 0. The summed E-state index contributed by atoms with van der Waals surface area (Å²) in [6.07, 6.45) is 12.2. The van der Waals surface area contributed by atoms with Gasteiger partial charge in [-0.3, -0.25) is 9.98 Å². The molecule has 0 atom stereocenters. The van der Waals surface area contributed by atoms with Crippen LogP contribution in [0.1, 0.15) is 38.5 Å². The Labute approximate surface area is 73.8 Å². The summed E-state index contributed by atoms with van der Waals surface area (Å²) in [7, 11) is 0. The molecule has 12 heavy (non-hydrogen) atoms. The Bertz CT molecular complexity index is 176. The van der Waals surface area contributed by atoms with Gasteiger partial charge in [-0.15, -0.1) is 0 Å². The van der Waals surface area contributed by atoms with Crippen molar-refractivity contribution in [1.29, 1.82) is 0 Å². The SMILES string of the molecule is C1=NC(C2CCCCCC2)N=C1. The second-order valence-corrected chi connectivity index (χ2v) is 3.76. The van der Waals surface area contributed by atoms with Crippen molar-refractivity contribution in [3.8, 4) is 0 Å². The average molecular weight is 164 g/mol. The zero-order valence-corrected chi connectivity index (χ0v) is 7.45. The highest BCUT2D eigenvalue weighted by atomic mass is 15.0. The van der Waals surface area contributed by atoms with Crippen LogP contribution in [0.5, 0.6) is 0 Å². The minimum Gasteiger partial charge on any atom is -0.265 e. The maximum atomic E-state index is 4.35. The summed E-state index contributed by atoms with van der Waals surface area (Å²) in [5, 5.41) is 0. The summed E-state index contributed by atoms with van der Waals surface area (Å²) >= 11 is 0. The van der Waals surface area contributed by atoms with Crippen LogP contribution in [0.25, 0.3) is 0 Å². The van der Waals surface area contributed by atoms with E-state index in [1.54, 1.807) is 0 Å². The maximum absolute atomic E-state index is 4.35. The third kappa shape index (κ3) is 1.74. The number of rotatable bonds is 1. The Balaban J connectivity index is 1.92. The van der Waals surface area contributed by atoms with Crippen LogP contribution in [-0.4, -0.2) is 18.6 Å². The third-order valence-corrected chi connectivity index (χ3v) is 2.87. The first-order valence-corrected chi connectivity index (χ1v) is 5.02. The van der Waals surface area contributed by atoms with Gasteiger partial charge in [0.1, 0.15) is 6.17 Å². The van der Waals surface area contributed by atoms with Crippen LogP contribution < -0.4 is 0 Å². The lowest BCUT2D eigenvalue weighted by Gasteiger charge is -2.16. The van der Waals surface area contributed by atoms with Gasteiger partial charge in [0.05, 0.1) is 0 Å². The zero-order chi connectivity index (χ0) is 8.23. The van der Waals surface area contributed by atoms with Crippen molar-refractivity contribution in [2.45, 2.75) is 44.7 Å². The summed E-state index contributed by atoms with van der Waals surface area (Å²) < 4.78 is 0. The summed E-state index contributed by atoms with van der Waals surface area (Å²) in [6, 6.07) is 0. The Morgan fingerprint density at radius 2 is 1.42 bits per heavy atom. The fourth-order valence-corrected chi connectivity index (χ4v) is 2.14. The molecular formula is C10H16N2. The molecule has 0 bridgehead atoms. The molecule has 66 valence electrons. The molecule has 0 aromatic rings. The number of hydrogen-bond acceptors (Lipinski definition) is 2. The van der Waals surface area contributed by atoms with Crippen LogP contribution in [-0.2, 0) is 0 Å². The Morgan fingerprint density at radius 1 is 0.833 bits per heavy atom. The summed E-state index contributed by atoms with van der Waals surface area (Å²) in [5.74, 6) is 0.738. The first-order chi connectivity index (χ1) is 5.97. The molecule has 1 saturated carbocycles. The van der Waals surface area contributed by atoms with Crippen molar-refractivity contribution < 1.29 is 0 Å². The molecule has 0 aromatic heterocycles. The molecule has 2 aliphatic rings. The number of aliphatic imine (C=N–C) groups is 2. The van der Waals surface area contributed by atoms with E-state index < -0.39 is 0 Å². The first kappa shape index (κ1) is 7.96. The second-order valence-electron chi connectivity index (χ2n) is 3.76. The topological polar surface area (TPSA) is 24.7 Å². The molecule has 1 aliphatic carbocycles. The van der Waals surface area contributed by atoms with Gasteiger partial charge < -0.3 is 0 Å². The van der Waals surface area contributed by atoms with Crippen molar-refractivity contribution in [2.75, 3.05) is 0 Å². The predicted octanol–water partition coefficient (Wildman–Crippen LogP) is 2.44. The number of nitrogens with zero attached hydrogens (tertiary/aromatic N) is 2. The van der Waals surface area contributed by atoms with Gasteiger partial charge in [-0.05, 0) is 12.8 Å². The van der Waals surface area contributed by atoms with Crippen molar-refractivity contribution in [3.63, 3.8) is 0 Å². The van der Waals surface area contributed by atoms with Crippen molar-refractivity contribution in [2.24, 2.45) is 15.9 Å². The Morgan fingerprint density at radius 3 is 2.00 bits per heavy atom. The Hall–Kier alpha value is -0.660. The van der Waals surface area contributed by atoms with Gasteiger partial charge in [0.15, 0.2) is 0 Å². The molecule has 0 saturated heterocycles. The predicted molar refractivity (Wildman–Crippen MR) is 52.0 cm³/mol. The van der Waals surface area contributed by atoms with Gasteiger partial charge >= 0.3 is 0 Å². The lowest BCUT2D eigenvalue weighted by molar-refractivity contribution is 0.390. The van der Waals surface area contributed by atoms with Crippen LogP contribution in [0, 0.1) is 5.92 Å². The van der Waals surface area contributed by atoms with E-state index in [1.165, 1.54) is 38.5 Å². The fourth-order valence-electron chi connectivity index (χ4n) is 2.14. The molecule has 2 rings (SSSR count). The van der Waals surface area contributed by atoms with E-state index in [2.05, 4.69) is 9.98 Å². The van der Waals surface area contributed by atoms with E-state index in [-0.39, 0.29) is 6.17 Å². The van der Waals surface area contributed by atoms with Gasteiger partial charge in [0, 0.05) is 18.3 Å². The molecule has 1 heterocycles. The molecule has 0 amide bonds. The molecule has 0 spiro atoms. The largest absolute Gasteiger partial charge is 0.265 e. The Kier molecular flexibility index (Phi) is 2.54. The van der Waals surface area contributed by atoms with E-state index in [9.17, 15) is 0 Å². The van der Waals surface area contributed by atoms with E-state index in [1.807, 2.05) is 12.4 Å². The maximum Gasteiger partial charge on any atom is 0.142 e. The second kappa shape index (κ2) is 3.83. The van der Waals surface area contributed by atoms with Crippen molar-refractivity contribution >= 4 is 12.4 Å². The first-order valence-electron chi connectivity index (χ1n) is 5.02. The van der Waals surface area contributed by atoms with Crippen LogP contribution >= 0.6 is 0 Å². The van der Waals surface area contributed by atoms with E-state index in [0.717, 1.165) is 5.92 Å². The van der Waals surface area contributed by atoms with Crippen molar-refractivity contribution in [1.82, 2.24) is 0 Å². The van der Waals surface area contributed by atoms with Crippen LogP contribution in [0.4, 0.5) is 0 Å². The van der Waals surface area contributed by atoms with Gasteiger partial charge in [-0.2, -0.15) is 0 Å². The quantitative estimate of drug-likeness (QED) is 0.532. The minimum absolute atomic E-state index is 0.281. The fraction of sp³-hybridized carbons (Fsp3) is 0.800. The zero-order valence-electron chi connectivity index (χ0n) is 7.45. The molecule has 0 radical (unpaired) electrons. The minimum atomic E-state index is 0.281. The smallest absolute Gasteiger partial charge is 0.142 e. The highest BCUT2D eigenvalue weighted by Crippen LogP contribution is 2.28.